The molecule has 5 heteroatoms. The molecule has 1 aromatic carbocycles. The molecule has 0 fully saturated rings. The van der Waals surface area contributed by atoms with Crippen molar-refractivity contribution in [2.75, 3.05) is 0 Å². The van der Waals surface area contributed by atoms with E-state index in [1.165, 1.54) is 13.8 Å². The summed E-state index contributed by atoms with van der Waals surface area (Å²) in [7, 11) is 0. The Morgan fingerprint density at radius 3 is 2.00 bits per heavy atom. The van der Waals surface area contributed by atoms with Gasteiger partial charge >= 0.3 is 0 Å². The largest absolute Gasteiger partial charge is 0.308 e. The minimum Gasteiger partial charge on any atom is -0.308 e. The van der Waals surface area contributed by atoms with Crippen molar-refractivity contribution >= 4 is 17.7 Å². The molecule has 18 heavy (non-hydrogen) atoms. The number of hydrogen-bond donors (Lipinski definition) is 1. The highest BCUT2D eigenvalue weighted by Crippen LogP contribution is 2.03. The highest BCUT2D eigenvalue weighted by atomic mass is 16.2. The zero-order valence-electron chi connectivity index (χ0n) is 10.3. The van der Waals surface area contributed by atoms with Crippen LogP contribution in [0.15, 0.2) is 42.7 Å². The lowest BCUT2D eigenvalue weighted by atomic mass is 10.2. The van der Waals surface area contributed by atoms with E-state index in [1.54, 1.807) is 30.3 Å². The van der Waals surface area contributed by atoms with Gasteiger partial charge in [-0.2, -0.15) is 0 Å². The molecule has 94 valence electrons. The smallest absolute Gasteiger partial charge is 0.256 e. The average Bonchev–Trinajstić information content (AvgIpc) is 2.28. The van der Waals surface area contributed by atoms with Gasteiger partial charge in [0.2, 0.25) is 11.8 Å². The molecule has 0 bridgehead atoms. The summed E-state index contributed by atoms with van der Waals surface area (Å²) in [4.78, 5) is 35.1. The van der Waals surface area contributed by atoms with E-state index in [2.05, 4.69) is 11.9 Å². The van der Waals surface area contributed by atoms with Crippen LogP contribution in [0, 0.1) is 0 Å². The molecule has 0 aliphatic carbocycles. The summed E-state index contributed by atoms with van der Waals surface area (Å²) in [5.41, 5.74) is 0.422. The van der Waals surface area contributed by atoms with Crippen molar-refractivity contribution in [3.05, 3.63) is 48.3 Å². The normalized spacial score (nSPS) is 9.44. The molecule has 3 amide bonds. The molecule has 0 aliphatic heterocycles. The third-order valence-corrected chi connectivity index (χ3v) is 2.19. The Hall–Kier alpha value is -2.43. The van der Waals surface area contributed by atoms with Gasteiger partial charge in [0.25, 0.3) is 5.91 Å². The maximum absolute atomic E-state index is 11.8. The standard InChI is InChI=1S/C13H14N2O3/c1-9(15(10(2)16)11(3)17)14-13(18)12-7-5-4-6-8-12/h4-8H,1H2,2-3H3,(H,14,18). The Labute approximate surface area is 105 Å². The van der Waals surface area contributed by atoms with Gasteiger partial charge in [-0.1, -0.05) is 24.8 Å². The molecule has 0 radical (unpaired) electrons. The predicted octanol–water partition coefficient (Wildman–Crippen LogP) is 1.28. The predicted molar refractivity (Wildman–Crippen MR) is 66.2 cm³/mol. The lowest BCUT2D eigenvalue weighted by Crippen LogP contribution is -2.40. The Morgan fingerprint density at radius 1 is 1.06 bits per heavy atom. The van der Waals surface area contributed by atoms with Crippen LogP contribution in [0.2, 0.25) is 0 Å². The monoisotopic (exact) mass is 246 g/mol. The fourth-order valence-corrected chi connectivity index (χ4v) is 1.45. The van der Waals surface area contributed by atoms with E-state index in [0.29, 0.717) is 5.56 Å². The maximum atomic E-state index is 11.8. The molecule has 0 aliphatic rings. The molecule has 0 aromatic heterocycles. The van der Waals surface area contributed by atoms with Gasteiger partial charge in [0.1, 0.15) is 5.82 Å². The number of imide groups is 1. The van der Waals surface area contributed by atoms with E-state index < -0.39 is 17.7 Å². The second-order valence-electron chi connectivity index (χ2n) is 3.64. The van der Waals surface area contributed by atoms with E-state index in [-0.39, 0.29) is 5.82 Å². The first-order valence-electron chi connectivity index (χ1n) is 5.30. The minimum atomic E-state index is -0.499. The van der Waals surface area contributed by atoms with Crippen LogP contribution in [0.3, 0.4) is 0 Å². The summed E-state index contributed by atoms with van der Waals surface area (Å²) < 4.78 is 0. The van der Waals surface area contributed by atoms with E-state index >= 15 is 0 Å². The van der Waals surface area contributed by atoms with Gasteiger partial charge < -0.3 is 5.32 Å². The first-order valence-corrected chi connectivity index (χ1v) is 5.30. The molecule has 0 spiro atoms. The molecule has 0 atom stereocenters. The quantitative estimate of drug-likeness (QED) is 0.873. The van der Waals surface area contributed by atoms with E-state index in [4.69, 9.17) is 0 Å². The molecule has 5 nitrogen and oxygen atoms in total. The number of rotatable bonds is 3. The van der Waals surface area contributed by atoms with Crippen LogP contribution >= 0.6 is 0 Å². The van der Waals surface area contributed by atoms with Gasteiger partial charge in [-0.05, 0) is 12.1 Å². The fourth-order valence-electron chi connectivity index (χ4n) is 1.45. The van der Waals surface area contributed by atoms with Crippen LogP contribution in [0.4, 0.5) is 0 Å². The summed E-state index contributed by atoms with van der Waals surface area (Å²) in [5.74, 6) is -1.47. The summed E-state index contributed by atoms with van der Waals surface area (Å²) in [6.45, 7) is 5.96. The third kappa shape index (κ3) is 3.28. The van der Waals surface area contributed by atoms with Crippen molar-refractivity contribution in [3.63, 3.8) is 0 Å². The van der Waals surface area contributed by atoms with Crippen molar-refractivity contribution in [1.29, 1.82) is 0 Å². The van der Waals surface area contributed by atoms with Crippen molar-refractivity contribution in [1.82, 2.24) is 10.2 Å². The van der Waals surface area contributed by atoms with Crippen molar-refractivity contribution in [2.45, 2.75) is 13.8 Å². The summed E-state index contributed by atoms with van der Waals surface area (Å²) in [5, 5.41) is 2.41. The topological polar surface area (TPSA) is 66.5 Å². The number of carbonyl (C=O) groups is 3. The highest BCUT2D eigenvalue weighted by Gasteiger charge is 2.19. The SMILES string of the molecule is C=C(NC(=O)c1ccccc1)N(C(C)=O)C(C)=O. The van der Waals surface area contributed by atoms with Crippen LogP contribution < -0.4 is 5.32 Å². The highest BCUT2D eigenvalue weighted by molar-refractivity contribution is 5.98. The Balaban J connectivity index is 2.79. The summed E-state index contributed by atoms with van der Waals surface area (Å²) in [6.07, 6.45) is 0. The van der Waals surface area contributed by atoms with Crippen molar-refractivity contribution < 1.29 is 14.4 Å². The molecular weight excluding hydrogens is 232 g/mol. The molecular formula is C13H14N2O3. The third-order valence-electron chi connectivity index (χ3n) is 2.19. The van der Waals surface area contributed by atoms with E-state index in [0.717, 1.165) is 4.90 Å². The summed E-state index contributed by atoms with van der Waals surface area (Å²) >= 11 is 0. The van der Waals surface area contributed by atoms with E-state index in [1.807, 2.05) is 0 Å². The van der Waals surface area contributed by atoms with E-state index in [9.17, 15) is 14.4 Å². The number of amides is 3. The van der Waals surface area contributed by atoms with Gasteiger partial charge in [0, 0.05) is 19.4 Å². The van der Waals surface area contributed by atoms with Gasteiger partial charge in [-0.25, -0.2) is 4.90 Å². The first-order chi connectivity index (χ1) is 8.43. The molecule has 1 N–H and O–H groups in total. The van der Waals surface area contributed by atoms with Gasteiger partial charge in [0.05, 0.1) is 0 Å². The molecule has 0 saturated carbocycles. The fraction of sp³-hybridized carbons (Fsp3) is 0.154. The number of nitrogens with zero attached hydrogens (tertiary/aromatic N) is 1. The van der Waals surface area contributed by atoms with Gasteiger partial charge in [0.15, 0.2) is 0 Å². The van der Waals surface area contributed by atoms with Crippen LogP contribution in [0.25, 0.3) is 0 Å². The summed E-state index contributed by atoms with van der Waals surface area (Å²) in [6, 6.07) is 8.45. The van der Waals surface area contributed by atoms with Crippen molar-refractivity contribution in [3.8, 4) is 0 Å². The lowest BCUT2D eigenvalue weighted by Gasteiger charge is -2.19. The Kier molecular flexibility index (Phi) is 4.37. The maximum Gasteiger partial charge on any atom is 0.256 e. The zero-order chi connectivity index (χ0) is 13.7. The molecule has 0 unspecified atom stereocenters. The van der Waals surface area contributed by atoms with Crippen LogP contribution in [0.1, 0.15) is 24.2 Å². The van der Waals surface area contributed by atoms with Crippen LogP contribution in [-0.4, -0.2) is 22.6 Å². The molecule has 0 saturated heterocycles. The minimum absolute atomic E-state index is 0.0520. The zero-order valence-corrected chi connectivity index (χ0v) is 10.3. The van der Waals surface area contributed by atoms with Crippen molar-refractivity contribution in [2.24, 2.45) is 0 Å². The average molecular weight is 246 g/mol. The Bertz CT molecular complexity index is 480. The molecule has 1 rings (SSSR count). The number of carbonyl (C=O) groups excluding carboxylic acids is 3. The number of hydrogen-bond acceptors (Lipinski definition) is 3. The van der Waals surface area contributed by atoms with Crippen LogP contribution in [0.5, 0.6) is 0 Å². The number of nitrogens with one attached hydrogen (secondary N) is 1. The van der Waals surface area contributed by atoms with Gasteiger partial charge in [-0.3, -0.25) is 14.4 Å². The first kappa shape index (κ1) is 13.6. The second-order valence-corrected chi connectivity index (χ2v) is 3.64. The lowest BCUT2D eigenvalue weighted by molar-refractivity contribution is -0.139. The molecule has 0 heterocycles. The second kappa shape index (κ2) is 5.77. The Morgan fingerprint density at radius 2 is 1.56 bits per heavy atom. The van der Waals surface area contributed by atoms with Gasteiger partial charge in [-0.15, -0.1) is 0 Å². The number of benzene rings is 1. The van der Waals surface area contributed by atoms with Crippen LogP contribution in [-0.2, 0) is 9.59 Å². The molecule has 1 aromatic rings.